The number of fused-ring (bicyclic) bond motifs is 1. The molecule has 0 amide bonds. The van der Waals surface area contributed by atoms with E-state index in [2.05, 4.69) is 9.71 Å². The van der Waals surface area contributed by atoms with E-state index in [0.29, 0.717) is 6.42 Å². The van der Waals surface area contributed by atoms with Crippen LogP contribution in [0.1, 0.15) is 24.8 Å². The molecular weight excluding hydrogens is 359 g/mol. The van der Waals surface area contributed by atoms with Crippen molar-refractivity contribution in [3.05, 3.63) is 46.9 Å². The fourth-order valence-corrected chi connectivity index (χ4v) is 6.11. The minimum absolute atomic E-state index is 0.389. The molecular formula is C16H19BN2O4S2. The summed E-state index contributed by atoms with van der Waals surface area (Å²) in [4.78, 5) is 15.8. The Labute approximate surface area is 151 Å². The Kier molecular flexibility index (Phi) is 4.99. The summed E-state index contributed by atoms with van der Waals surface area (Å²) in [5.74, 6) is -1.71. The third-order valence-corrected chi connectivity index (χ3v) is 7.94. The van der Waals surface area contributed by atoms with E-state index in [1.807, 2.05) is 38.2 Å². The number of sulfonamides is 1. The molecule has 1 aliphatic heterocycles. The van der Waals surface area contributed by atoms with E-state index in [1.165, 1.54) is 11.8 Å². The number of hydrogen-bond donors (Lipinski definition) is 3. The Bertz CT molecular complexity index is 939. The van der Waals surface area contributed by atoms with Gasteiger partial charge in [0.05, 0.1) is 0 Å². The number of para-hydroxylation sites is 1. The maximum atomic E-state index is 12.6. The number of rotatable bonds is 6. The van der Waals surface area contributed by atoms with E-state index in [-0.39, 0.29) is 0 Å². The molecule has 1 aromatic carbocycles. The first-order chi connectivity index (χ1) is 11.8. The van der Waals surface area contributed by atoms with Gasteiger partial charge >= 0.3 is 5.97 Å². The lowest BCUT2D eigenvalue weighted by Gasteiger charge is -2.23. The van der Waals surface area contributed by atoms with Crippen molar-refractivity contribution < 1.29 is 18.3 Å². The van der Waals surface area contributed by atoms with Gasteiger partial charge < -0.3 is 10.1 Å². The van der Waals surface area contributed by atoms with Crippen LogP contribution in [0.4, 0.5) is 0 Å². The van der Waals surface area contributed by atoms with Crippen molar-refractivity contribution in [2.45, 2.75) is 29.9 Å². The summed E-state index contributed by atoms with van der Waals surface area (Å²) in [6, 6.07) is 6.32. The van der Waals surface area contributed by atoms with E-state index >= 15 is 0 Å². The smallest absolute Gasteiger partial charge is 0.322 e. The highest BCUT2D eigenvalue weighted by Gasteiger charge is 2.36. The largest absolute Gasteiger partial charge is 0.480 e. The number of allylic oxidation sites excluding steroid dienone is 1. The first kappa shape index (κ1) is 18.1. The van der Waals surface area contributed by atoms with Crippen LogP contribution in [0.15, 0.2) is 41.3 Å². The molecule has 6 nitrogen and oxygen atoms in total. The molecule has 0 fully saturated rings. The van der Waals surface area contributed by atoms with Crippen molar-refractivity contribution in [2.24, 2.45) is 0 Å². The quantitative estimate of drug-likeness (QED) is 0.663. The van der Waals surface area contributed by atoms with Crippen LogP contribution >= 0.6 is 11.8 Å². The zero-order valence-electron chi connectivity index (χ0n) is 13.9. The molecule has 3 rings (SSSR count). The van der Waals surface area contributed by atoms with Crippen molar-refractivity contribution in [2.75, 3.05) is 0 Å². The van der Waals surface area contributed by atoms with Crippen molar-refractivity contribution in [3.63, 3.8) is 0 Å². The van der Waals surface area contributed by atoms with Crippen molar-refractivity contribution in [3.8, 4) is 0 Å². The summed E-state index contributed by atoms with van der Waals surface area (Å²) in [7, 11) is -1.91. The number of thioether (sulfide) groups is 1. The number of aliphatic carboxylic acids is 1. The monoisotopic (exact) mass is 378 g/mol. The summed E-state index contributed by atoms with van der Waals surface area (Å²) in [5, 5.41) is 10.5. The van der Waals surface area contributed by atoms with Crippen LogP contribution < -0.4 is 4.72 Å². The lowest BCUT2D eigenvalue weighted by atomic mass is 9.93. The Morgan fingerprint density at radius 2 is 2.16 bits per heavy atom. The predicted molar refractivity (Wildman–Crippen MR) is 103 cm³/mol. The van der Waals surface area contributed by atoms with Crippen LogP contribution in [0.3, 0.4) is 0 Å². The van der Waals surface area contributed by atoms with Gasteiger partial charge in [0.1, 0.15) is 18.5 Å². The molecule has 2 heterocycles. The number of H-pyrrole nitrogens is 1. The number of aromatic nitrogens is 1. The molecule has 0 radical (unpaired) electrons. The maximum Gasteiger partial charge on any atom is 0.322 e. The minimum Gasteiger partial charge on any atom is -0.480 e. The fourth-order valence-electron chi connectivity index (χ4n) is 3.03. The van der Waals surface area contributed by atoms with E-state index in [0.717, 1.165) is 21.3 Å². The minimum atomic E-state index is -3.76. The molecule has 1 aliphatic rings. The molecule has 1 unspecified atom stereocenters. The second-order valence-corrected chi connectivity index (χ2v) is 9.80. The molecule has 0 aliphatic carbocycles. The molecule has 1 aromatic heterocycles. The molecule has 0 spiro atoms. The standard InChI is InChI=1S/C16H19BN2O4S2/c1-9(11-8-18-12-5-3-2-4-10(11)12)15(16(20)21)19-25(22,23)14-7-6-13(17)24-14/h2-6,8-9,14-15,18-19H,7,17H2,1H3,(H,20,21)/t9-,14?,15-/m1/s1. The number of carboxylic acid groups (broad SMARTS) is 1. The van der Waals surface area contributed by atoms with Crippen LogP contribution in [0, 0.1) is 0 Å². The van der Waals surface area contributed by atoms with Crippen LogP contribution in [-0.2, 0) is 14.8 Å². The van der Waals surface area contributed by atoms with Gasteiger partial charge in [-0.05, 0) is 18.1 Å². The Morgan fingerprint density at radius 1 is 1.44 bits per heavy atom. The van der Waals surface area contributed by atoms with Crippen LogP contribution in [0.5, 0.6) is 0 Å². The second-order valence-electron chi connectivity index (χ2n) is 6.15. The number of benzene rings is 1. The predicted octanol–water partition coefficient (Wildman–Crippen LogP) is 1.58. The number of carbonyl (C=O) groups is 1. The molecule has 0 bridgehead atoms. The van der Waals surface area contributed by atoms with Gasteiger partial charge in [-0.1, -0.05) is 36.0 Å². The van der Waals surface area contributed by atoms with E-state index in [1.54, 1.807) is 13.1 Å². The third-order valence-electron chi connectivity index (χ3n) is 4.43. The van der Waals surface area contributed by atoms with Crippen molar-refractivity contribution >= 4 is 46.5 Å². The topological polar surface area (TPSA) is 99.3 Å². The highest BCUT2D eigenvalue weighted by atomic mass is 32.3. The molecule has 25 heavy (non-hydrogen) atoms. The normalized spacial score (nSPS) is 20.4. The SMILES string of the molecule is BC1=CCC(S(=O)(=O)N[C@@H](C(=O)O)[C@H](C)c2c[nH]c3ccccc23)S1. The van der Waals surface area contributed by atoms with Gasteiger partial charge in [0.25, 0.3) is 0 Å². The Hall–Kier alpha value is -1.71. The summed E-state index contributed by atoms with van der Waals surface area (Å²) in [6.07, 6.45) is 3.99. The number of carboxylic acids is 1. The zero-order chi connectivity index (χ0) is 18.2. The Balaban J connectivity index is 1.87. The first-order valence-corrected chi connectivity index (χ1v) is 10.4. The average Bonchev–Trinajstić information content (AvgIpc) is 3.18. The van der Waals surface area contributed by atoms with Gasteiger partial charge in [-0.2, -0.15) is 4.72 Å². The fraction of sp³-hybridized carbons (Fsp3) is 0.312. The van der Waals surface area contributed by atoms with Crippen LogP contribution in [-0.4, -0.2) is 42.9 Å². The van der Waals surface area contributed by atoms with Gasteiger partial charge in [-0.3, -0.25) is 4.79 Å². The molecule has 9 heteroatoms. The van der Waals surface area contributed by atoms with E-state index in [4.69, 9.17) is 0 Å². The van der Waals surface area contributed by atoms with Crippen molar-refractivity contribution in [1.82, 2.24) is 9.71 Å². The second kappa shape index (κ2) is 6.89. The van der Waals surface area contributed by atoms with Crippen LogP contribution in [0.25, 0.3) is 10.9 Å². The summed E-state index contributed by atoms with van der Waals surface area (Å²) < 4.78 is 26.9. The van der Waals surface area contributed by atoms with E-state index < -0.39 is 32.5 Å². The number of hydrogen-bond acceptors (Lipinski definition) is 4. The highest BCUT2D eigenvalue weighted by molar-refractivity contribution is 8.16. The molecule has 0 saturated carbocycles. The van der Waals surface area contributed by atoms with Crippen LogP contribution in [0.2, 0.25) is 0 Å². The van der Waals surface area contributed by atoms with Crippen molar-refractivity contribution in [1.29, 1.82) is 0 Å². The van der Waals surface area contributed by atoms with Gasteiger partial charge in [0, 0.05) is 23.0 Å². The van der Waals surface area contributed by atoms with E-state index in [9.17, 15) is 18.3 Å². The zero-order valence-corrected chi connectivity index (χ0v) is 15.5. The first-order valence-electron chi connectivity index (χ1n) is 7.93. The number of nitrogens with one attached hydrogen (secondary N) is 2. The lowest BCUT2D eigenvalue weighted by Crippen LogP contribution is -2.46. The molecule has 132 valence electrons. The van der Waals surface area contributed by atoms with Gasteiger partial charge in [-0.25, -0.2) is 8.42 Å². The lowest BCUT2D eigenvalue weighted by molar-refractivity contribution is -0.139. The molecule has 2 aromatic rings. The molecule has 0 saturated heterocycles. The summed E-state index contributed by atoms with van der Waals surface area (Å²) in [5.41, 5.74) is 1.67. The molecule has 3 N–H and O–H groups in total. The van der Waals surface area contributed by atoms with Gasteiger partial charge in [0.2, 0.25) is 10.0 Å². The molecule has 3 atom stereocenters. The third kappa shape index (κ3) is 3.63. The average molecular weight is 378 g/mol. The Morgan fingerprint density at radius 3 is 2.80 bits per heavy atom. The summed E-state index contributed by atoms with van der Waals surface area (Å²) >= 11 is 1.25. The maximum absolute atomic E-state index is 12.6. The summed E-state index contributed by atoms with van der Waals surface area (Å²) in [6.45, 7) is 1.72. The number of aromatic amines is 1. The van der Waals surface area contributed by atoms with Gasteiger partial charge in [0.15, 0.2) is 0 Å². The highest BCUT2D eigenvalue weighted by Crippen LogP contribution is 2.34. The van der Waals surface area contributed by atoms with Gasteiger partial charge in [-0.15, -0.1) is 11.8 Å².